The molecule has 1 aromatic rings. The number of rotatable bonds is 8. The molecule has 2 N–H and O–H groups in total. The molecule has 20 heavy (non-hydrogen) atoms. The number of ether oxygens (including phenoxy) is 1. The molecule has 0 spiro atoms. The highest BCUT2D eigenvalue weighted by molar-refractivity contribution is 5.93. The highest BCUT2D eigenvalue weighted by atomic mass is 16.5. The summed E-state index contributed by atoms with van der Waals surface area (Å²) in [4.78, 5) is 14.0. The molecule has 0 saturated heterocycles. The van der Waals surface area contributed by atoms with Gasteiger partial charge in [-0.3, -0.25) is 4.79 Å². The first-order chi connectivity index (χ1) is 9.54. The fourth-order valence-electron chi connectivity index (χ4n) is 1.66. The summed E-state index contributed by atoms with van der Waals surface area (Å²) >= 11 is 0. The molecule has 1 amide bonds. The van der Waals surface area contributed by atoms with Gasteiger partial charge in [0.15, 0.2) is 0 Å². The number of nitrogens with zero attached hydrogens (tertiary/aromatic N) is 1. The Kier molecular flexibility index (Phi) is 7.04. The number of hydrogen-bond acceptors (Lipinski definition) is 4. The van der Waals surface area contributed by atoms with Crippen LogP contribution in [0.15, 0.2) is 24.3 Å². The predicted octanol–water partition coefficient (Wildman–Crippen LogP) is 1.56. The summed E-state index contributed by atoms with van der Waals surface area (Å²) in [5.41, 5.74) is 0.695. The number of nitrogens with one attached hydrogen (secondary N) is 2. The second kappa shape index (κ2) is 8.55. The monoisotopic (exact) mass is 279 g/mol. The van der Waals surface area contributed by atoms with E-state index < -0.39 is 0 Å². The van der Waals surface area contributed by atoms with Crippen LogP contribution in [-0.2, 0) is 4.79 Å². The van der Waals surface area contributed by atoms with Crippen molar-refractivity contribution in [3.63, 3.8) is 0 Å². The van der Waals surface area contributed by atoms with Crippen molar-refractivity contribution in [1.82, 2.24) is 10.2 Å². The summed E-state index contributed by atoms with van der Waals surface area (Å²) in [5.74, 6) is 0.599. The third kappa shape index (κ3) is 5.59. The first kappa shape index (κ1) is 16.5. The summed E-state index contributed by atoms with van der Waals surface area (Å²) < 4.78 is 5.19. The van der Waals surface area contributed by atoms with Gasteiger partial charge in [0.1, 0.15) is 5.75 Å². The van der Waals surface area contributed by atoms with Crippen molar-refractivity contribution in [2.24, 2.45) is 0 Å². The van der Waals surface area contributed by atoms with Crippen molar-refractivity contribution >= 4 is 11.6 Å². The van der Waals surface area contributed by atoms with Crippen molar-refractivity contribution in [1.29, 1.82) is 0 Å². The molecular weight excluding hydrogens is 254 g/mol. The van der Waals surface area contributed by atoms with E-state index in [2.05, 4.69) is 36.4 Å². The first-order valence-electron chi connectivity index (χ1n) is 6.88. The van der Waals surface area contributed by atoms with E-state index in [9.17, 15) is 4.79 Å². The number of para-hydroxylation sites is 2. The number of likely N-dealkylation sites (N-methyl/N-ethyl adjacent to an activating group) is 1. The average molecular weight is 279 g/mol. The second-order valence-corrected chi connectivity index (χ2v) is 5.00. The summed E-state index contributed by atoms with van der Waals surface area (Å²) in [6, 6.07) is 7.89. The molecule has 0 heterocycles. The molecule has 0 fully saturated rings. The molecule has 5 nitrogen and oxygen atoms in total. The molecule has 1 rings (SSSR count). The van der Waals surface area contributed by atoms with Gasteiger partial charge in [-0.15, -0.1) is 0 Å². The molecule has 5 heteroatoms. The van der Waals surface area contributed by atoms with E-state index in [1.807, 2.05) is 24.3 Å². The van der Waals surface area contributed by atoms with Crippen LogP contribution in [0.3, 0.4) is 0 Å². The van der Waals surface area contributed by atoms with E-state index in [1.165, 1.54) is 0 Å². The minimum atomic E-state index is -0.0679. The SMILES string of the molecule is COc1ccccc1NC(=O)CNCCN(C)C(C)C. The lowest BCUT2D eigenvalue weighted by Gasteiger charge is -2.20. The van der Waals surface area contributed by atoms with Crippen molar-refractivity contribution in [3.05, 3.63) is 24.3 Å². The standard InChI is InChI=1S/C15H25N3O2/c1-12(2)18(3)10-9-16-11-15(19)17-13-7-5-6-8-14(13)20-4/h5-8,12,16H,9-11H2,1-4H3,(H,17,19). The number of methoxy groups -OCH3 is 1. The maximum atomic E-state index is 11.8. The average Bonchev–Trinajstić information content (AvgIpc) is 2.43. The van der Waals surface area contributed by atoms with Crippen LogP contribution >= 0.6 is 0 Å². The van der Waals surface area contributed by atoms with Crippen LogP contribution in [-0.4, -0.2) is 50.6 Å². The van der Waals surface area contributed by atoms with Crippen LogP contribution in [0.25, 0.3) is 0 Å². The fraction of sp³-hybridized carbons (Fsp3) is 0.533. The largest absolute Gasteiger partial charge is 0.495 e. The molecule has 112 valence electrons. The Hall–Kier alpha value is -1.59. The zero-order chi connectivity index (χ0) is 15.0. The minimum absolute atomic E-state index is 0.0679. The van der Waals surface area contributed by atoms with Crippen molar-refractivity contribution in [2.45, 2.75) is 19.9 Å². The van der Waals surface area contributed by atoms with Gasteiger partial charge < -0.3 is 20.3 Å². The zero-order valence-electron chi connectivity index (χ0n) is 12.8. The van der Waals surface area contributed by atoms with Gasteiger partial charge in [0.05, 0.1) is 19.3 Å². The van der Waals surface area contributed by atoms with E-state index in [0.717, 1.165) is 13.1 Å². The summed E-state index contributed by atoms with van der Waals surface area (Å²) in [6.07, 6.45) is 0. The molecule has 0 radical (unpaired) electrons. The van der Waals surface area contributed by atoms with E-state index in [4.69, 9.17) is 4.74 Å². The fourth-order valence-corrected chi connectivity index (χ4v) is 1.66. The predicted molar refractivity (Wildman–Crippen MR) is 82.3 cm³/mol. The first-order valence-corrected chi connectivity index (χ1v) is 6.88. The summed E-state index contributed by atoms with van der Waals surface area (Å²) in [6.45, 7) is 6.29. The molecule has 0 aromatic heterocycles. The highest BCUT2D eigenvalue weighted by Crippen LogP contribution is 2.22. The number of carbonyl (C=O) groups excluding carboxylic acids is 1. The molecule has 0 aliphatic heterocycles. The molecule has 0 atom stereocenters. The lowest BCUT2D eigenvalue weighted by molar-refractivity contribution is -0.115. The van der Waals surface area contributed by atoms with E-state index >= 15 is 0 Å². The minimum Gasteiger partial charge on any atom is -0.495 e. The quantitative estimate of drug-likeness (QED) is 0.709. The molecule has 0 saturated carbocycles. The molecule has 0 unspecified atom stereocenters. The van der Waals surface area contributed by atoms with Crippen LogP contribution in [0.1, 0.15) is 13.8 Å². The number of benzene rings is 1. The van der Waals surface area contributed by atoms with E-state index in [0.29, 0.717) is 24.0 Å². The van der Waals surface area contributed by atoms with Crippen LogP contribution < -0.4 is 15.4 Å². The lowest BCUT2D eigenvalue weighted by Crippen LogP contribution is -2.36. The van der Waals surface area contributed by atoms with Crippen LogP contribution in [0, 0.1) is 0 Å². The highest BCUT2D eigenvalue weighted by Gasteiger charge is 2.07. The maximum absolute atomic E-state index is 11.8. The normalized spacial score (nSPS) is 10.9. The van der Waals surface area contributed by atoms with Gasteiger partial charge in [0, 0.05) is 19.1 Å². The van der Waals surface area contributed by atoms with Gasteiger partial charge in [-0.2, -0.15) is 0 Å². The number of amides is 1. The van der Waals surface area contributed by atoms with Gasteiger partial charge in [-0.05, 0) is 33.0 Å². The number of anilines is 1. The Bertz CT molecular complexity index is 421. The van der Waals surface area contributed by atoms with Gasteiger partial charge in [0.25, 0.3) is 0 Å². The molecule has 0 aliphatic carbocycles. The second-order valence-electron chi connectivity index (χ2n) is 5.00. The third-order valence-corrected chi connectivity index (χ3v) is 3.19. The Balaban J connectivity index is 2.30. The van der Waals surface area contributed by atoms with Crippen LogP contribution in [0.4, 0.5) is 5.69 Å². The summed E-state index contributed by atoms with van der Waals surface area (Å²) in [5, 5.41) is 5.97. The van der Waals surface area contributed by atoms with Crippen LogP contribution in [0.5, 0.6) is 5.75 Å². The van der Waals surface area contributed by atoms with Gasteiger partial charge in [-0.1, -0.05) is 12.1 Å². The Morgan fingerprint density at radius 2 is 2.05 bits per heavy atom. The van der Waals surface area contributed by atoms with Crippen LogP contribution in [0.2, 0.25) is 0 Å². The third-order valence-electron chi connectivity index (χ3n) is 3.19. The lowest BCUT2D eigenvalue weighted by atomic mass is 10.3. The molecule has 0 aliphatic rings. The number of hydrogen-bond donors (Lipinski definition) is 2. The molecular formula is C15H25N3O2. The van der Waals surface area contributed by atoms with Gasteiger partial charge in [-0.25, -0.2) is 0 Å². The Morgan fingerprint density at radius 1 is 1.35 bits per heavy atom. The van der Waals surface area contributed by atoms with E-state index in [1.54, 1.807) is 7.11 Å². The molecule has 1 aromatic carbocycles. The van der Waals surface area contributed by atoms with Crippen molar-refractivity contribution in [3.8, 4) is 5.75 Å². The zero-order valence-corrected chi connectivity index (χ0v) is 12.8. The smallest absolute Gasteiger partial charge is 0.238 e. The van der Waals surface area contributed by atoms with E-state index in [-0.39, 0.29) is 5.91 Å². The Labute approximate surface area is 121 Å². The van der Waals surface area contributed by atoms with Gasteiger partial charge >= 0.3 is 0 Å². The maximum Gasteiger partial charge on any atom is 0.238 e. The molecule has 0 bridgehead atoms. The van der Waals surface area contributed by atoms with Crippen molar-refractivity contribution < 1.29 is 9.53 Å². The number of carbonyl (C=O) groups is 1. The summed E-state index contributed by atoms with van der Waals surface area (Å²) in [7, 11) is 3.66. The topological polar surface area (TPSA) is 53.6 Å². The Morgan fingerprint density at radius 3 is 2.70 bits per heavy atom. The van der Waals surface area contributed by atoms with Crippen molar-refractivity contribution in [2.75, 3.05) is 39.1 Å². The van der Waals surface area contributed by atoms with Gasteiger partial charge in [0.2, 0.25) is 5.91 Å².